The maximum absolute atomic E-state index is 11.6. The molecule has 0 aliphatic rings. The Morgan fingerprint density at radius 1 is 1.10 bits per heavy atom. The van der Waals surface area contributed by atoms with Crippen LogP contribution in [0, 0.1) is 0 Å². The van der Waals surface area contributed by atoms with E-state index in [0.29, 0.717) is 5.75 Å². The van der Waals surface area contributed by atoms with Gasteiger partial charge in [-0.05, 0) is 31.2 Å². The SMILES string of the molecule is C=C(C)C(=O)Oc1cccc(O)c1Oc1ccccc1. The average Bonchev–Trinajstić information content (AvgIpc) is 2.43. The van der Waals surface area contributed by atoms with E-state index in [2.05, 4.69) is 6.58 Å². The van der Waals surface area contributed by atoms with Gasteiger partial charge in [0.1, 0.15) is 5.75 Å². The third kappa shape index (κ3) is 3.17. The number of ether oxygens (including phenoxy) is 2. The molecule has 0 saturated carbocycles. The smallest absolute Gasteiger partial charge is 0.338 e. The van der Waals surface area contributed by atoms with Gasteiger partial charge in [-0.1, -0.05) is 30.8 Å². The maximum Gasteiger partial charge on any atom is 0.338 e. The molecule has 20 heavy (non-hydrogen) atoms. The van der Waals surface area contributed by atoms with Crippen LogP contribution in [0.1, 0.15) is 6.92 Å². The quantitative estimate of drug-likeness (QED) is 0.523. The molecule has 2 aromatic carbocycles. The lowest BCUT2D eigenvalue weighted by molar-refractivity contribution is -0.130. The molecule has 0 atom stereocenters. The molecule has 0 aliphatic heterocycles. The van der Waals surface area contributed by atoms with Gasteiger partial charge in [0.2, 0.25) is 5.75 Å². The van der Waals surface area contributed by atoms with Gasteiger partial charge in [-0.2, -0.15) is 0 Å². The van der Waals surface area contributed by atoms with E-state index < -0.39 is 5.97 Å². The summed E-state index contributed by atoms with van der Waals surface area (Å²) >= 11 is 0. The molecule has 0 aromatic heterocycles. The van der Waals surface area contributed by atoms with Crippen LogP contribution in [-0.2, 0) is 4.79 Å². The van der Waals surface area contributed by atoms with Crippen LogP contribution in [0.4, 0.5) is 0 Å². The summed E-state index contributed by atoms with van der Waals surface area (Å²) in [6.07, 6.45) is 0. The van der Waals surface area contributed by atoms with Gasteiger partial charge < -0.3 is 14.6 Å². The van der Waals surface area contributed by atoms with Crippen LogP contribution in [0.15, 0.2) is 60.7 Å². The number of rotatable bonds is 4. The first-order valence-corrected chi connectivity index (χ1v) is 6.00. The molecular weight excluding hydrogens is 256 g/mol. The van der Waals surface area contributed by atoms with Crippen molar-refractivity contribution in [1.82, 2.24) is 0 Å². The Hall–Kier alpha value is -2.75. The maximum atomic E-state index is 11.6. The Bertz CT molecular complexity index is 632. The fourth-order valence-corrected chi connectivity index (χ4v) is 1.48. The number of hydrogen-bond acceptors (Lipinski definition) is 4. The second-order valence-corrected chi connectivity index (χ2v) is 4.19. The second kappa shape index (κ2) is 5.93. The molecule has 0 bridgehead atoms. The van der Waals surface area contributed by atoms with Gasteiger partial charge in [-0.15, -0.1) is 0 Å². The van der Waals surface area contributed by atoms with Gasteiger partial charge in [-0.25, -0.2) is 4.79 Å². The number of phenols is 1. The Labute approximate surface area is 116 Å². The molecule has 102 valence electrons. The number of esters is 1. The van der Waals surface area contributed by atoms with E-state index in [9.17, 15) is 9.90 Å². The molecular formula is C16H14O4. The van der Waals surface area contributed by atoms with E-state index in [4.69, 9.17) is 9.47 Å². The molecule has 0 spiro atoms. The number of hydrogen-bond donors (Lipinski definition) is 1. The van der Waals surface area contributed by atoms with E-state index in [0.717, 1.165) is 0 Å². The summed E-state index contributed by atoms with van der Waals surface area (Å²) in [6, 6.07) is 13.5. The highest BCUT2D eigenvalue weighted by atomic mass is 16.6. The zero-order chi connectivity index (χ0) is 14.5. The lowest BCUT2D eigenvalue weighted by atomic mass is 10.3. The van der Waals surface area contributed by atoms with Crippen LogP contribution in [-0.4, -0.2) is 11.1 Å². The summed E-state index contributed by atoms with van der Waals surface area (Å²) in [7, 11) is 0. The molecule has 0 aliphatic carbocycles. The first kappa shape index (κ1) is 13.7. The lowest BCUT2D eigenvalue weighted by Crippen LogP contribution is -2.08. The number of carbonyl (C=O) groups is 1. The van der Waals surface area contributed by atoms with Gasteiger partial charge >= 0.3 is 5.97 Å². The van der Waals surface area contributed by atoms with Crippen molar-refractivity contribution in [2.24, 2.45) is 0 Å². The van der Waals surface area contributed by atoms with Crippen LogP contribution in [0.5, 0.6) is 23.0 Å². The first-order valence-electron chi connectivity index (χ1n) is 6.00. The molecule has 0 fully saturated rings. The summed E-state index contributed by atoms with van der Waals surface area (Å²) in [5, 5.41) is 9.87. The molecule has 2 aromatic rings. The predicted molar refractivity (Wildman–Crippen MR) is 75.1 cm³/mol. The van der Waals surface area contributed by atoms with Crippen molar-refractivity contribution >= 4 is 5.97 Å². The molecule has 1 N–H and O–H groups in total. The topological polar surface area (TPSA) is 55.8 Å². The van der Waals surface area contributed by atoms with Crippen molar-refractivity contribution in [3.8, 4) is 23.0 Å². The van der Waals surface area contributed by atoms with Crippen molar-refractivity contribution in [1.29, 1.82) is 0 Å². The fourth-order valence-electron chi connectivity index (χ4n) is 1.48. The third-order valence-corrected chi connectivity index (χ3v) is 2.47. The lowest BCUT2D eigenvalue weighted by Gasteiger charge is -2.12. The van der Waals surface area contributed by atoms with Gasteiger partial charge in [0.25, 0.3) is 0 Å². The minimum absolute atomic E-state index is 0.0910. The normalized spacial score (nSPS) is 9.85. The van der Waals surface area contributed by atoms with E-state index in [1.807, 2.05) is 6.07 Å². The molecule has 2 rings (SSSR count). The Kier molecular flexibility index (Phi) is 4.05. The van der Waals surface area contributed by atoms with Crippen molar-refractivity contribution in [3.05, 3.63) is 60.7 Å². The highest BCUT2D eigenvalue weighted by Gasteiger charge is 2.15. The first-order chi connectivity index (χ1) is 9.58. The predicted octanol–water partition coefficient (Wildman–Crippen LogP) is 3.67. The molecule has 0 saturated heterocycles. The van der Waals surface area contributed by atoms with Gasteiger partial charge in [-0.3, -0.25) is 0 Å². The molecule has 0 unspecified atom stereocenters. The summed E-state index contributed by atoms with van der Waals surface area (Å²) in [6.45, 7) is 5.05. The third-order valence-electron chi connectivity index (χ3n) is 2.47. The minimum Gasteiger partial charge on any atom is -0.504 e. The number of carbonyl (C=O) groups excluding carboxylic acids is 1. The minimum atomic E-state index is -0.575. The molecule has 0 amide bonds. The highest BCUT2D eigenvalue weighted by molar-refractivity contribution is 5.89. The van der Waals surface area contributed by atoms with Crippen molar-refractivity contribution in [2.45, 2.75) is 6.92 Å². The Morgan fingerprint density at radius 2 is 1.80 bits per heavy atom. The van der Waals surface area contributed by atoms with Crippen molar-refractivity contribution in [3.63, 3.8) is 0 Å². The highest BCUT2D eigenvalue weighted by Crippen LogP contribution is 2.39. The second-order valence-electron chi connectivity index (χ2n) is 4.19. The average molecular weight is 270 g/mol. The largest absolute Gasteiger partial charge is 0.504 e. The summed E-state index contributed by atoms with van der Waals surface area (Å²) in [5.74, 6) is 0.0751. The van der Waals surface area contributed by atoms with Crippen LogP contribution in [0.2, 0.25) is 0 Å². The fraction of sp³-hybridized carbons (Fsp3) is 0.0625. The van der Waals surface area contributed by atoms with E-state index in [1.165, 1.54) is 6.07 Å². The number of benzene rings is 2. The van der Waals surface area contributed by atoms with Crippen molar-refractivity contribution in [2.75, 3.05) is 0 Å². The van der Waals surface area contributed by atoms with Crippen LogP contribution >= 0.6 is 0 Å². The number of aromatic hydroxyl groups is 1. The molecule has 0 heterocycles. The Morgan fingerprint density at radius 3 is 2.45 bits per heavy atom. The summed E-state index contributed by atoms with van der Waals surface area (Å²) in [5.41, 5.74) is 0.263. The number of para-hydroxylation sites is 2. The van der Waals surface area contributed by atoms with Gasteiger partial charge in [0, 0.05) is 5.57 Å². The van der Waals surface area contributed by atoms with Crippen LogP contribution in [0.25, 0.3) is 0 Å². The zero-order valence-electron chi connectivity index (χ0n) is 11.0. The molecule has 4 heteroatoms. The van der Waals surface area contributed by atoms with Gasteiger partial charge in [0.15, 0.2) is 11.5 Å². The van der Waals surface area contributed by atoms with Crippen LogP contribution < -0.4 is 9.47 Å². The van der Waals surface area contributed by atoms with E-state index >= 15 is 0 Å². The standard InChI is InChI=1S/C16H14O4/c1-11(2)16(18)20-14-10-6-9-13(17)15(14)19-12-7-4-3-5-8-12/h3-10,17H,1H2,2H3. The monoisotopic (exact) mass is 270 g/mol. The summed E-state index contributed by atoms with van der Waals surface area (Å²) < 4.78 is 10.7. The van der Waals surface area contributed by atoms with Gasteiger partial charge in [0.05, 0.1) is 0 Å². The molecule has 0 radical (unpaired) electrons. The van der Waals surface area contributed by atoms with Crippen LogP contribution in [0.3, 0.4) is 0 Å². The zero-order valence-corrected chi connectivity index (χ0v) is 11.0. The summed E-state index contributed by atoms with van der Waals surface area (Å²) in [4.78, 5) is 11.6. The Balaban J connectivity index is 2.31. The van der Waals surface area contributed by atoms with Crippen molar-refractivity contribution < 1.29 is 19.4 Å². The van der Waals surface area contributed by atoms with E-state index in [1.54, 1.807) is 43.3 Å². The molecule has 4 nitrogen and oxygen atoms in total. The number of phenolic OH excluding ortho intramolecular Hbond substituents is 1. The van der Waals surface area contributed by atoms with E-state index in [-0.39, 0.29) is 22.8 Å².